The van der Waals surface area contributed by atoms with Crippen molar-refractivity contribution in [2.45, 2.75) is 99.0 Å². The molecule has 17 heteroatoms. The van der Waals surface area contributed by atoms with Gasteiger partial charge in [-0.2, -0.15) is 0 Å². The second-order valence-electron chi connectivity index (χ2n) is 8.39. The number of carbonyl (C=O) groups is 2. The molecule has 202 valence electrons. The van der Waals surface area contributed by atoms with Crippen molar-refractivity contribution < 1.29 is 84.3 Å². The summed E-state index contributed by atoms with van der Waals surface area (Å²) in [5.41, 5.74) is 0. The van der Waals surface area contributed by atoms with Gasteiger partial charge in [-0.05, 0) is 6.92 Å². The van der Waals surface area contributed by atoms with E-state index in [0.29, 0.717) is 0 Å². The summed E-state index contributed by atoms with van der Waals surface area (Å²) in [7, 11) is 0. The number of aliphatic hydroxyl groups excluding tert-OH is 8. The van der Waals surface area contributed by atoms with Gasteiger partial charge in [-0.15, -0.1) is 0 Å². The lowest BCUT2D eigenvalue weighted by molar-refractivity contribution is -0.375. The quantitative estimate of drug-likeness (QED) is 0.157. The summed E-state index contributed by atoms with van der Waals surface area (Å²) < 4.78 is 25.4. The van der Waals surface area contributed by atoms with Crippen molar-refractivity contribution in [3.63, 3.8) is 0 Å². The second kappa shape index (κ2) is 10.8. The molecule has 0 spiro atoms. The van der Waals surface area contributed by atoms with E-state index in [1.54, 1.807) is 0 Å². The van der Waals surface area contributed by atoms with Gasteiger partial charge in [-0.3, -0.25) is 0 Å². The number of carboxylic acids is 2. The molecular formula is C18H28O17. The Bertz CT molecular complexity index is 765. The van der Waals surface area contributed by atoms with Crippen LogP contribution < -0.4 is 0 Å². The van der Waals surface area contributed by atoms with E-state index in [0.717, 1.165) is 0 Å². The number of aliphatic carboxylic acids is 2. The Labute approximate surface area is 196 Å². The van der Waals surface area contributed by atoms with Gasteiger partial charge in [0, 0.05) is 0 Å². The minimum atomic E-state index is -2.17. The van der Waals surface area contributed by atoms with E-state index in [9.17, 15) is 55.5 Å². The Kier molecular flexibility index (Phi) is 8.65. The van der Waals surface area contributed by atoms with Gasteiger partial charge >= 0.3 is 11.9 Å². The van der Waals surface area contributed by atoms with E-state index >= 15 is 0 Å². The lowest BCUT2D eigenvalue weighted by Crippen LogP contribution is -2.67. The maximum Gasteiger partial charge on any atom is 0.335 e. The third-order valence-corrected chi connectivity index (χ3v) is 5.98. The van der Waals surface area contributed by atoms with E-state index < -0.39 is 104 Å². The van der Waals surface area contributed by atoms with E-state index in [-0.39, 0.29) is 0 Å². The monoisotopic (exact) mass is 516 g/mol. The molecular weight excluding hydrogens is 488 g/mol. The second-order valence-corrected chi connectivity index (χ2v) is 8.39. The molecule has 0 unspecified atom stereocenters. The van der Waals surface area contributed by atoms with Gasteiger partial charge in [0.25, 0.3) is 0 Å². The van der Waals surface area contributed by atoms with Crippen molar-refractivity contribution in [3.05, 3.63) is 0 Å². The van der Waals surface area contributed by atoms with Gasteiger partial charge in [-0.1, -0.05) is 0 Å². The van der Waals surface area contributed by atoms with Gasteiger partial charge < -0.3 is 74.7 Å². The van der Waals surface area contributed by atoms with Crippen molar-refractivity contribution in [3.8, 4) is 0 Å². The molecule has 0 aromatic carbocycles. The molecule has 0 aromatic heterocycles. The third kappa shape index (κ3) is 5.42. The SMILES string of the molecule is C[C@@H]1O[C@@H](O)[C@H](O[C@H]2O[C@H](C(=O)O)[C@H](O)[C@H](O[C@H]3O[C@H](C(=O)O)[C@@H](O)[C@H](O)[C@H]3O)[C@H]2O)[C@H](O)[C@H]1O. The Morgan fingerprint density at radius 1 is 0.571 bits per heavy atom. The van der Waals surface area contributed by atoms with E-state index in [4.69, 9.17) is 28.8 Å². The number of carboxylic acid groups (broad SMARTS) is 2. The number of aliphatic hydroxyl groups is 8. The summed E-state index contributed by atoms with van der Waals surface area (Å²) in [6.07, 6.45) is -29.0. The summed E-state index contributed by atoms with van der Waals surface area (Å²) in [4.78, 5) is 22.9. The van der Waals surface area contributed by atoms with Crippen LogP contribution in [0.3, 0.4) is 0 Å². The summed E-state index contributed by atoms with van der Waals surface area (Å²) >= 11 is 0. The number of hydrogen-bond donors (Lipinski definition) is 10. The van der Waals surface area contributed by atoms with Crippen LogP contribution in [0.5, 0.6) is 0 Å². The maximum absolute atomic E-state index is 11.6. The van der Waals surface area contributed by atoms with Gasteiger partial charge in [0.15, 0.2) is 31.1 Å². The van der Waals surface area contributed by atoms with Crippen LogP contribution in [0.1, 0.15) is 6.92 Å². The Morgan fingerprint density at radius 2 is 1.06 bits per heavy atom. The zero-order valence-electron chi connectivity index (χ0n) is 18.0. The molecule has 3 rings (SSSR count). The van der Waals surface area contributed by atoms with Crippen LogP contribution in [0.25, 0.3) is 0 Å². The van der Waals surface area contributed by atoms with Gasteiger partial charge in [0.2, 0.25) is 0 Å². The average Bonchev–Trinajstić information content (AvgIpc) is 2.78. The predicted molar refractivity (Wildman–Crippen MR) is 101 cm³/mol. The highest BCUT2D eigenvalue weighted by Crippen LogP contribution is 2.32. The fourth-order valence-corrected chi connectivity index (χ4v) is 3.95. The van der Waals surface area contributed by atoms with E-state index in [2.05, 4.69) is 0 Å². The van der Waals surface area contributed by atoms with Crippen LogP contribution in [-0.2, 0) is 33.3 Å². The summed E-state index contributed by atoms with van der Waals surface area (Å²) in [5.74, 6) is -3.52. The largest absolute Gasteiger partial charge is 0.479 e. The summed E-state index contributed by atoms with van der Waals surface area (Å²) in [6.45, 7) is 1.34. The molecule has 10 N–H and O–H groups in total. The predicted octanol–water partition coefficient (Wildman–Crippen LogP) is -6.36. The molecule has 3 fully saturated rings. The summed E-state index contributed by atoms with van der Waals surface area (Å²) in [5, 5.41) is 99.7. The molecule has 35 heavy (non-hydrogen) atoms. The zero-order valence-corrected chi connectivity index (χ0v) is 18.0. The Balaban J connectivity index is 1.82. The molecule has 3 aliphatic rings. The number of ether oxygens (including phenoxy) is 5. The van der Waals surface area contributed by atoms with Crippen LogP contribution in [0.2, 0.25) is 0 Å². The molecule has 0 radical (unpaired) electrons. The third-order valence-electron chi connectivity index (χ3n) is 5.98. The molecule has 3 saturated heterocycles. The van der Waals surface area contributed by atoms with Crippen molar-refractivity contribution >= 4 is 11.9 Å². The van der Waals surface area contributed by atoms with Crippen LogP contribution in [0.15, 0.2) is 0 Å². The van der Waals surface area contributed by atoms with Crippen LogP contribution in [0, 0.1) is 0 Å². The normalized spacial score (nSPS) is 51.1. The first kappa shape index (κ1) is 28.0. The standard InChI is InChI=1S/C18H28O17/c1-2-3(19)5(21)13(16(30)31-2)35-18-9(25)10(8(24)12(34-18)15(28)29)32-17-7(23)4(20)6(22)11(33-17)14(26)27/h2-13,16-25,30H,1H3,(H,26,27)(H,28,29)/t2-,3-,4-,5+,6-,7+,8+,9+,10-,11-,12-,13+,16+,17-,18+/m0/s1. The minimum Gasteiger partial charge on any atom is -0.479 e. The lowest BCUT2D eigenvalue weighted by Gasteiger charge is -2.46. The van der Waals surface area contributed by atoms with Crippen molar-refractivity contribution in [1.82, 2.24) is 0 Å². The first-order valence-corrected chi connectivity index (χ1v) is 10.4. The van der Waals surface area contributed by atoms with Crippen LogP contribution in [0.4, 0.5) is 0 Å². The molecule has 0 bridgehead atoms. The smallest absolute Gasteiger partial charge is 0.335 e. The highest BCUT2D eigenvalue weighted by Gasteiger charge is 2.55. The number of hydrogen-bond acceptors (Lipinski definition) is 15. The van der Waals surface area contributed by atoms with E-state index in [1.165, 1.54) is 6.92 Å². The lowest BCUT2D eigenvalue weighted by atomic mass is 9.96. The molecule has 3 aliphatic heterocycles. The Hall–Kier alpha value is -1.58. The molecule has 15 atom stereocenters. The van der Waals surface area contributed by atoms with E-state index in [1.807, 2.05) is 0 Å². The summed E-state index contributed by atoms with van der Waals surface area (Å²) in [6, 6.07) is 0. The number of rotatable bonds is 6. The topological polar surface area (TPSA) is 283 Å². The van der Waals surface area contributed by atoms with Crippen LogP contribution >= 0.6 is 0 Å². The molecule has 0 amide bonds. The molecule has 3 heterocycles. The van der Waals surface area contributed by atoms with Gasteiger partial charge in [-0.25, -0.2) is 9.59 Å². The van der Waals surface area contributed by atoms with Crippen LogP contribution in [-0.4, -0.2) is 155 Å². The minimum absolute atomic E-state index is 1.02. The zero-order chi connectivity index (χ0) is 26.4. The fraction of sp³-hybridized carbons (Fsp3) is 0.889. The molecule has 0 saturated carbocycles. The molecule has 17 nitrogen and oxygen atoms in total. The first-order valence-electron chi connectivity index (χ1n) is 10.4. The Morgan fingerprint density at radius 3 is 1.60 bits per heavy atom. The fourth-order valence-electron chi connectivity index (χ4n) is 3.95. The van der Waals surface area contributed by atoms with Gasteiger partial charge in [0.05, 0.1) is 6.10 Å². The molecule has 0 aromatic rings. The highest BCUT2D eigenvalue weighted by atomic mass is 16.8. The van der Waals surface area contributed by atoms with Crippen molar-refractivity contribution in [1.29, 1.82) is 0 Å². The highest BCUT2D eigenvalue weighted by molar-refractivity contribution is 5.74. The molecule has 0 aliphatic carbocycles. The maximum atomic E-state index is 11.6. The van der Waals surface area contributed by atoms with Crippen molar-refractivity contribution in [2.75, 3.05) is 0 Å². The average molecular weight is 516 g/mol. The van der Waals surface area contributed by atoms with Crippen molar-refractivity contribution in [2.24, 2.45) is 0 Å². The van der Waals surface area contributed by atoms with Gasteiger partial charge in [0.1, 0.15) is 54.9 Å². The first-order chi connectivity index (χ1) is 16.3.